The second-order valence-electron chi connectivity index (χ2n) is 6.37. The summed E-state index contributed by atoms with van der Waals surface area (Å²) in [6, 6.07) is 9.81. The first kappa shape index (κ1) is 16.7. The lowest BCUT2D eigenvalue weighted by Crippen LogP contribution is -2.37. The average Bonchev–Trinajstić information content (AvgIpc) is 3.06. The molecule has 2 aromatic heterocycles. The Kier molecular flexibility index (Phi) is 4.94. The fourth-order valence-electron chi connectivity index (χ4n) is 3.10. The van der Waals surface area contributed by atoms with Crippen LogP contribution < -0.4 is 11.1 Å². The number of morpholine rings is 1. The van der Waals surface area contributed by atoms with E-state index in [-0.39, 0.29) is 0 Å². The Morgan fingerprint density at radius 2 is 1.92 bits per heavy atom. The van der Waals surface area contributed by atoms with Gasteiger partial charge in [-0.05, 0) is 31.5 Å². The number of benzene rings is 1. The minimum absolute atomic E-state index is 0.405. The van der Waals surface area contributed by atoms with Crippen LogP contribution >= 0.6 is 0 Å². The number of anilines is 3. The lowest BCUT2D eigenvalue weighted by Gasteiger charge is -2.26. The third-order valence-electron chi connectivity index (χ3n) is 4.44. The SMILES string of the molecule is Nc1nc(CCCN2CCOCC2)cn2nc(Nc3ccccc3)nc12. The van der Waals surface area contributed by atoms with Crippen molar-refractivity contribution in [2.24, 2.45) is 0 Å². The van der Waals surface area contributed by atoms with E-state index in [0.717, 1.165) is 57.1 Å². The summed E-state index contributed by atoms with van der Waals surface area (Å²) in [6.45, 7) is 4.71. The van der Waals surface area contributed by atoms with Gasteiger partial charge in [0.25, 0.3) is 0 Å². The summed E-state index contributed by atoms with van der Waals surface area (Å²) in [4.78, 5) is 11.3. The number of fused-ring (bicyclic) bond motifs is 1. The third-order valence-corrected chi connectivity index (χ3v) is 4.44. The predicted octanol–water partition coefficient (Wildman–Crippen LogP) is 1.71. The number of para-hydroxylation sites is 1. The number of nitrogen functional groups attached to an aromatic ring is 1. The fraction of sp³-hybridized carbons (Fsp3) is 0.389. The Hall–Kier alpha value is -2.71. The Morgan fingerprint density at radius 1 is 1.12 bits per heavy atom. The first-order valence-electron chi connectivity index (χ1n) is 8.92. The molecule has 0 aliphatic carbocycles. The van der Waals surface area contributed by atoms with Crippen LogP contribution in [0.25, 0.3) is 5.65 Å². The van der Waals surface area contributed by atoms with Gasteiger partial charge in [-0.3, -0.25) is 4.90 Å². The lowest BCUT2D eigenvalue weighted by molar-refractivity contribution is 0.0374. The van der Waals surface area contributed by atoms with Crippen LogP contribution in [0.3, 0.4) is 0 Å². The van der Waals surface area contributed by atoms with Crippen molar-refractivity contribution >= 4 is 23.1 Å². The summed E-state index contributed by atoms with van der Waals surface area (Å²) in [5.41, 5.74) is 8.52. The topological polar surface area (TPSA) is 93.6 Å². The van der Waals surface area contributed by atoms with Crippen LogP contribution in [0.5, 0.6) is 0 Å². The highest BCUT2D eigenvalue weighted by atomic mass is 16.5. The maximum Gasteiger partial charge on any atom is 0.247 e. The van der Waals surface area contributed by atoms with Gasteiger partial charge in [-0.2, -0.15) is 4.98 Å². The Bertz CT molecular complexity index is 859. The number of nitrogens with two attached hydrogens (primary N) is 1. The van der Waals surface area contributed by atoms with Crippen molar-refractivity contribution in [2.75, 3.05) is 43.9 Å². The molecule has 8 nitrogen and oxygen atoms in total. The average molecular weight is 353 g/mol. The van der Waals surface area contributed by atoms with Gasteiger partial charge in [-0.15, -0.1) is 5.10 Å². The Balaban J connectivity index is 1.43. The second kappa shape index (κ2) is 7.67. The summed E-state index contributed by atoms with van der Waals surface area (Å²) >= 11 is 0. The quantitative estimate of drug-likeness (QED) is 0.697. The summed E-state index contributed by atoms with van der Waals surface area (Å²) in [6.07, 6.45) is 3.80. The van der Waals surface area contributed by atoms with Crippen molar-refractivity contribution in [3.05, 3.63) is 42.2 Å². The highest BCUT2D eigenvalue weighted by Gasteiger charge is 2.12. The molecule has 1 aliphatic rings. The van der Waals surface area contributed by atoms with Crippen LogP contribution in [0.1, 0.15) is 12.1 Å². The summed E-state index contributed by atoms with van der Waals surface area (Å²) in [5, 5.41) is 7.66. The van der Waals surface area contributed by atoms with Gasteiger partial charge in [-0.25, -0.2) is 9.50 Å². The van der Waals surface area contributed by atoms with Crippen LogP contribution in [0, 0.1) is 0 Å². The minimum Gasteiger partial charge on any atom is -0.381 e. The number of aromatic nitrogens is 4. The van der Waals surface area contributed by atoms with E-state index in [1.54, 1.807) is 4.52 Å². The van der Waals surface area contributed by atoms with Crippen molar-refractivity contribution in [1.82, 2.24) is 24.5 Å². The number of ether oxygens (including phenoxy) is 1. The second-order valence-corrected chi connectivity index (χ2v) is 6.37. The van der Waals surface area contributed by atoms with Gasteiger partial charge in [0, 0.05) is 18.8 Å². The Labute approximate surface area is 152 Å². The largest absolute Gasteiger partial charge is 0.381 e. The first-order valence-corrected chi connectivity index (χ1v) is 8.92. The molecule has 3 heterocycles. The maximum absolute atomic E-state index is 6.09. The molecular weight excluding hydrogens is 330 g/mol. The number of nitrogens with one attached hydrogen (secondary N) is 1. The van der Waals surface area contributed by atoms with Crippen molar-refractivity contribution in [2.45, 2.75) is 12.8 Å². The molecular formula is C18H23N7O. The molecule has 0 spiro atoms. The van der Waals surface area contributed by atoms with Crippen molar-refractivity contribution < 1.29 is 4.74 Å². The van der Waals surface area contributed by atoms with E-state index >= 15 is 0 Å². The van der Waals surface area contributed by atoms with Gasteiger partial charge < -0.3 is 15.8 Å². The monoisotopic (exact) mass is 353 g/mol. The zero-order chi connectivity index (χ0) is 17.8. The molecule has 1 fully saturated rings. The van der Waals surface area contributed by atoms with Gasteiger partial charge in [0.05, 0.1) is 25.1 Å². The molecule has 0 amide bonds. The maximum atomic E-state index is 6.09. The molecule has 0 radical (unpaired) electrons. The normalized spacial score (nSPS) is 15.4. The molecule has 136 valence electrons. The molecule has 0 atom stereocenters. The van der Waals surface area contributed by atoms with Crippen molar-refractivity contribution in [1.29, 1.82) is 0 Å². The Morgan fingerprint density at radius 3 is 2.73 bits per heavy atom. The minimum atomic E-state index is 0.405. The standard InChI is InChI=1S/C18H23N7O/c19-16-17-22-18(21-14-5-2-1-3-6-14)23-25(17)13-15(20-16)7-4-8-24-9-11-26-12-10-24/h1-3,5-6,13H,4,7-12H2,(H2,19,20)(H,21,23). The molecule has 26 heavy (non-hydrogen) atoms. The first-order chi connectivity index (χ1) is 12.8. The van der Waals surface area contributed by atoms with Gasteiger partial charge in [0.15, 0.2) is 11.5 Å². The van der Waals surface area contributed by atoms with E-state index in [1.807, 2.05) is 36.5 Å². The van der Waals surface area contributed by atoms with Crippen molar-refractivity contribution in [3.8, 4) is 0 Å². The van der Waals surface area contributed by atoms with E-state index in [2.05, 4.69) is 25.3 Å². The molecule has 3 aromatic rings. The summed E-state index contributed by atoms with van der Waals surface area (Å²) < 4.78 is 7.08. The van der Waals surface area contributed by atoms with Gasteiger partial charge in [0.1, 0.15) is 0 Å². The number of hydrogen-bond acceptors (Lipinski definition) is 7. The molecule has 8 heteroatoms. The predicted molar refractivity (Wildman–Crippen MR) is 100 cm³/mol. The molecule has 0 saturated carbocycles. The van der Waals surface area contributed by atoms with Gasteiger partial charge in [0.2, 0.25) is 5.95 Å². The summed E-state index contributed by atoms with van der Waals surface area (Å²) in [5.74, 6) is 0.914. The zero-order valence-electron chi connectivity index (χ0n) is 14.6. The molecule has 1 aromatic carbocycles. The zero-order valence-corrected chi connectivity index (χ0v) is 14.6. The smallest absolute Gasteiger partial charge is 0.247 e. The molecule has 4 rings (SSSR count). The number of rotatable bonds is 6. The van der Waals surface area contributed by atoms with Crippen molar-refractivity contribution in [3.63, 3.8) is 0 Å². The number of hydrogen-bond donors (Lipinski definition) is 2. The highest BCUT2D eigenvalue weighted by Crippen LogP contribution is 2.17. The molecule has 0 bridgehead atoms. The van der Waals surface area contributed by atoms with Crippen LogP contribution in [-0.4, -0.2) is 57.3 Å². The fourth-order valence-corrected chi connectivity index (χ4v) is 3.10. The number of aryl methyl sites for hydroxylation is 1. The van der Waals surface area contributed by atoms with Crippen LogP contribution in [0.15, 0.2) is 36.5 Å². The van der Waals surface area contributed by atoms with Crippen LogP contribution in [0.2, 0.25) is 0 Å². The molecule has 1 saturated heterocycles. The van der Waals surface area contributed by atoms with Gasteiger partial charge in [-0.1, -0.05) is 18.2 Å². The van der Waals surface area contributed by atoms with Gasteiger partial charge >= 0.3 is 0 Å². The van der Waals surface area contributed by atoms with E-state index < -0.39 is 0 Å². The van der Waals surface area contributed by atoms with E-state index in [4.69, 9.17) is 10.5 Å². The highest BCUT2D eigenvalue weighted by molar-refractivity contribution is 5.63. The molecule has 3 N–H and O–H groups in total. The molecule has 0 unspecified atom stereocenters. The third kappa shape index (κ3) is 3.92. The van der Waals surface area contributed by atoms with E-state index in [9.17, 15) is 0 Å². The lowest BCUT2D eigenvalue weighted by atomic mass is 10.2. The van der Waals surface area contributed by atoms with Crippen LogP contribution in [0.4, 0.5) is 17.5 Å². The van der Waals surface area contributed by atoms with E-state index in [1.165, 1.54) is 0 Å². The summed E-state index contributed by atoms with van der Waals surface area (Å²) in [7, 11) is 0. The van der Waals surface area contributed by atoms with Crippen LogP contribution in [-0.2, 0) is 11.2 Å². The van der Waals surface area contributed by atoms with E-state index in [0.29, 0.717) is 17.4 Å². The number of nitrogens with zero attached hydrogens (tertiary/aromatic N) is 5. The molecule has 1 aliphatic heterocycles.